The van der Waals surface area contributed by atoms with Crippen LogP contribution in [0.15, 0.2) is 5.16 Å². The van der Waals surface area contributed by atoms with Crippen molar-refractivity contribution in [3.8, 4) is 6.07 Å². The highest BCUT2D eigenvalue weighted by Crippen LogP contribution is 2.61. The van der Waals surface area contributed by atoms with E-state index in [0.717, 1.165) is 71.4 Å². The highest BCUT2D eigenvalue weighted by atomic mass is 32.2. The molecule has 0 radical (unpaired) electrons. The molecule has 1 N–H and O–H groups in total. The molecule has 2 aromatic heterocycles. The van der Waals surface area contributed by atoms with Gasteiger partial charge in [-0.2, -0.15) is 5.26 Å². The summed E-state index contributed by atoms with van der Waals surface area (Å²) < 4.78 is 2.11. The lowest BCUT2D eigenvalue weighted by Gasteiger charge is -2.56. The molecule has 1 unspecified atom stereocenters. The van der Waals surface area contributed by atoms with Gasteiger partial charge >= 0.3 is 0 Å². The van der Waals surface area contributed by atoms with Crippen molar-refractivity contribution >= 4 is 34.0 Å². The van der Waals surface area contributed by atoms with Gasteiger partial charge in [-0.15, -0.1) is 21.5 Å². The number of hydrogen-bond acceptors (Lipinski definition) is 6. The van der Waals surface area contributed by atoms with Crippen molar-refractivity contribution in [2.75, 3.05) is 11.1 Å². The highest BCUT2D eigenvalue weighted by Gasteiger charge is 2.51. The fraction of sp³-hybridized carbons (Fsp3) is 0.733. The highest BCUT2D eigenvalue weighted by molar-refractivity contribution is 7.99. The molecular formula is C30H41N5OS2. The maximum absolute atomic E-state index is 13.0. The lowest BCUT2D eigenvalue weighted by molar-refractivity contribution is -0.113. The second kappa shape index (κ2) is 9.96. The van der Waals surface area contributed by atoms with E-state index in [1.54, 1.807) is 11.3 Å². The van der Waals surface area contributed by atoms with E-state index >= 15 is 0 Å². The zero-order chi connectivity index (χ0) is 26.7. The Morgan fingerprint density at radius 1 is 1.21 bits per heavy atom. The molecule has 8 heteroatoms. The molecule has 0 saturated heterocycles. The van der Waals surface area contributed by atoms with Crippen LogP contribution < -0.4 is 5.32 Å². The number of rotatable bonds is 8. The molecule has 38 heavy (non-hydrogen) atoms. The number of anilines is 1. The van der Waals surface area contributed by atoms with Crippen molar-refractivity contribution in [1.29, 1.82) is 5.26 Å². The van der Waals surface area contributed by atoms with Crippen LogP contribution in [0.1, 0.15) is 94.0 Å². The number of hydrogen-bond donors (Lipinski definition) is 1. The van der Waals surface area contributed by atoms with Gasteiger partial charge in [-0.05, 0) is 97.9 Å². The van der Waals surface area contributed by atoms with Crippen molar-refractivity contribution in [2.24, 2.45) is 41.5 Å². The lowest BCUT2D eigenvalue weighted by atomic mass is 9.49. The molecule has 2 heterocycles. The Kier molecular flexibility index (Phi) is 6.91. The summed E-state index contributed by atoms with van der Waals surface area (Å²) >= 11 is 3.05. The van der Waals surface area contributed by atoms with Gasteiger partial charge in [0.1, 0.15) is 16.9 Å². The zero-order valence-electron chi connectivity index (χ0n) is 23.3. The molecule has 1 atom stereocenters. The first-order valence-electron chi connectivity index (χ1n) is 14.5. The van der Waals surface area contributed by atoms with Crippen LogP contribution in [0.4, 0.5) is 5.00 Å². The topological polar surface area (TPSA) is 83.6 Å². The number of nitriles is 1. The van der Waals surface area contributed by atoms with Gasteiger partial charge < -0.3 is 9.88 Å². The van der Waals surface area contributed by atoms with Crippen molar-refractivity contribution < 1.29 is 4.79 Å². The molecule has 204 valence electrons. The normalized spacial score (nSPS) is 29.8. The SMILES string of the molecule is CCC(C)(C)C1CCc2c(sc(NC(=O)CSc3nnc(CC45CC6CC(CC(C6)C4)C5)n3C)c2C#N)C1. The van der Waals surface area contributed by atoms with E-state index in [1.807, 2.05) is 7.05 Å². The van der Waals surface area contributed by atoms with Crippen LogP contribution in [-0.2, 0) is 31.1 Å². The number of thiophene rings is 1. The number of aromatic nitrogens is 3. The Balaban J connectivity index is 1.08. The summed E-state index contributed by atoms with van der Waals surface area (Å²) in [5.41, 5.74) is 2.55. The van der Waals surface area contributed by atoms with Crippen LogP contribution in [0.25, 0.3) is 0 Å². The van der Waals surface area contributed by atoms with Gasteiger partial charge in [-0.25, -0.2) is 0 Å². The number of amides is 1. The molecule has 2 aromatic rings. The van der Waals surface area contributed by atoms with Gasteiger partial charge in [0.05, 0.1) is 11.3 Å². The molecule has 5 aliphatic carbocycles. The van der Waals surface area contributed by atoms with E-state index < -0.39 is 0 Å². The van der Waals surface area contributed by atoms with E-state index in [1.165, 1.54) is 55.2 Å². The first-order valence-corrected chi connectivity index (χ1v) is 16.3. The van der Waals surface area contributed by atoms with E-state index in [-0.39, 0.29) is 11.7 Å². The minimum absolute atomic E-state index is 0.0823. The van der Waals surface area contributed by atoms with Crippen molar-refractivity contribution in [3.63, 3.8) is 0 Å². The Morgan fingerprint density at radius 2 is 1.89 bits per heavy atom. The van der Waals surface area contributed by atoms with Gasteiger partial charge in [-0.3, -0.25) is 4.79 Å². The smallest absolute Gasteiger partial charge is 0.235 e. The fourth-order valence-corrected chi connectivity index (χ4v) is 10.5. The van der Waals surface area contributed by atoms with Crippen LogP contribution in [0.5, 0.6) is 0 Å². The maximum Gasteiger partial charge on any atom is 0.235 e. The molecule has 4 bridgehead atoms. The second-order valence-electron chi connectivity index (χ2n) is 13.5. The van der Waals surface area contributed by atoms with Crippen LogP contribution in [0.2, 0.25) is 0 Å². The summed E-state index contributed by atoms with van der Waals surface area (Å²) in [4.78, 5) is 14.2. The van der Waals surface area contributed by atoms with Crippen LogP contribution in [-0.4, -0.2) is 26.4 Å². The van der Waals surface area contributed by atoms with Gasteiger partial charge in [0.15, 0.2) is 5.16 Å². The van der Waals surface area contributed by atoms with Crippen molar-refractivity contribution in [1.82, 2.24) is 14.8 Å². The molecule has 0 aromatic carbocycles. The van der Waals surface area contributed by atoms with E-state index in [4.69, 9.17) is 0 Å². The van der Waals surface area contributed by atoms with Crippen molar-refractivity contribution in [3.05, 3.63) is 21.8 Å². The Labute approximate surface area is 235 Å². The summed E-state index contributed by atoms with van der Waals surface area (Å²) in [6, 6.07) is 2.39. The van der Waals surface area contributed by atoms with Crippen LogP contribution in [0, 0.1) is 45.8 Å². The van der Waals surface area contributed by atoms with Gasteiger partial charge in [-0.1, -0.05) is 39.0 Å². The standard InChI is InChI=1S/C30H41N5OS2/c1-5-29(2,3)21-6-7-22-23(16-31)27(38-24(22)11-21)32-26(36)17-37-28-34-33-25(35(28)4)15-30-12-18-8-19(13-30)10-20(9-18)14-30/h18-21H,5-15,17H2,1-4H3,(H,32,36). The molecule has 4 saturated carbocycles. The molecule has 0 aliphatic heterocycles. The van der Waals surface area contributed by atoms with Crippen molar-refractivity contribution in [2.45, 2.75) is 96.6 Å². The average Bonchev–Trinajstić information content (AvgIpc) is 3.39. The third-order valence-corrected chi connectivity index (χ3v) is 12.8. The first-order chi connectivity index (χ1) is 18.2. The van der Waals surface area contributed by atoms with Gasteiger partial charge in [0, 0.05) is 18.3 Å². The molecule has 7 rings (SSSR count). The predicted molar refractivity (Wildman–Crippen MR) is 153 cm³/mol. The number of carbonyl (C=O) groups excluding carboxylic acids is 1. The largest absolute Gasteiger partial charge is 0.316 e. The number of nitrogens with zero attached hydrogens (tertiary/aromatic N) is 4. The van der Waals surface area contributed by atoms with Crippen LogP contribution in [0.3, 0.4) is 0 Å². The molecule has 4 fully saturated rings. The quantitative estimate of drug-likeness (QED) is 0.366. The third-order valence-electron chi connectivity index (χ3n) is 10.6. The molecule has 5 aliphatic rings. The Hall–Kier alpha value is -1.85. The summed E-state index contributed by atoms with van der Waals surface area (Å²) in [6.07, 6.45) is 13.7. The summed E-state index contributed by atoms with van der Waals surface area (Å²) in [6.45, 7) is 6.96. The minimum Gasteiger partial charge on any atom is -0.316 e. The maximum atomic E-state index is 13.0. The average molecular weight is 552 g/mol. The number of fused-ring (bicyclic) bond motifs is 1. The molecule has 0 spiro atoms. The van der Waals surface area contributed by atoms with Gasteiger partial charge in [0.25, 0.3) is 0 Å². The molecular weight excluding hydrogens is 510 g/mol. The predicted octanol–water partition coefficient (Wildman–Crippen LogP) is 6.78. The molecule has 6 nitrogen and oxygen atoms in total. The number of nitrogens with one attached hydrogen (secondary N) is 1. The number of thioether (sulfide) groups is 1. The third kappa shape index (κ3) is 4.83. The fourth-order valence-electron chi connectivity index (χ4n) is 8.51. The summed E-state index contributed by atoms with van der Waals surface area (Å²) in [7, 11) is 2.05. The Bertz CT molecular complexity index is 1230. The summed E-state index contributed by atoms with van der Waals surface area (Å²) in [5.74, 6) is 4.65. The summed E-state index contributed by atoms with van der Waals surface area (Å²) in [5, 5.41) is 23.5. The Morgan fingerprint density at radius 3 is 2.53 bits per heavy atom. The van der Waals surface area contributed by atoms with E-state index in [0.29, 0.717) is 22.3 Å². The van der Waals surface area contributed by atoms with E-state index in [2.05, 4.69) is 46.9 Å². The molecule has 1 amide bonds. The number of carbonyl (C=O) groups is 1. The van der Waals surface area contributed by atoms with Gasteiger partial charge in [0.2, 0.25) is 5.91 Å². The second-order valence-corrected chi connectivity index (χ2v) is 15.5. The zero-order valence-corrected chi connectivity index (χ0v) is 24.9. The van der Waals surface area contributed by atoms with E-state index in [9.17, 15) is 10.1 Å². The van der Waals surface area contributed by atoms with Crippen LogP contribution >= 0.6 is 23.1 Å². The lowest BCUT2D eigenvalue weighted by Crippen LogP contribution is -2.47. The monoisotopic (exact) mass is 551 g/mol. The minimum atomic E-state index is -0.0823. The first kappa shape index (κ1) is 26.4.